The van der Waals surface area contributed by atoms with Crippen LogP contribution in [0, 0.1) is 0 Å². The Bertz CT molecular complexity index is 3140. The van der Waals surface area contributed by atoms with Crippen molar-refractivity contribution in [1.29, 1.82) is 0 Å². The molecule has 0 unspecified atom stereocenters. The quantitative estimate of drug-likeness (QED) is 0.174. The molecule has 10 aromatic rings. The van der Waals surface area contributed by atoms with Crippen LogP contribution < -0.4 is 5.43 Å². The van der Waals surface area contributed by atoms with Crippen LogP contribution in [0.4, 0.5) is 0 Å². The van der Waals surface area contributed by atoms with E-state index in [-0.39, 0.29) is 5.43 Å². The number of hydrogen-bond acceptors (Lipinski definition) is 2. The zero-order chi connectivity index (χ0) is 33.6. The second-order valence-electron chi connectivity index (χ2n) is 13.9. The van der Waals surface area contributed by atoms with Gasteiger partial charge in [0.05, 0.1) is 10.9 Å². The molecule has 0 amide bonds. The fourth-order valence-electron chi connectivity index (χ4n) is 8.68. The number of rotatable bonds is 2. The summed E-state index contributed by atoms with van der Waals surface area (Å²) in [6, 6.07) is 54.1. The molecule has 1 aliphatic rings. The normalized spacial score (nSPS) is 13.1. The van der Waals surface area contributed by atoms with Crippen LogP contribution in [0.1, 0.15) is 23.3 Å². The molecule has 0 spiro atoms. The second-order valence-corrected chi connectivity index (χ2v) is 13.9. The topological polar surface area (TPSA) is 30.2 Å². The molecular weight excluding hydrogens is 621 g/mol. The van der Waals surface area contributed by atoms with Gasteiger partial charge in [-0.3, -0.25) is 4.79 Å². The van der Waals surface area contributed by atoms with Gasteiger partial charge >= 0.3 is 0 Å². The number of aryl methyl sites for hydroxylation is 1. The summed E-state index contributed by atoms with van der Waals surface area (Å²) < 4.78 is 6.45. The van der Waals surface area contributed by atoms with Crippen LogP contribution in [-0.2, 0) is 6.42 Å². The summed E-state index contributed by atoms with van der Waals surface area (Å²) in [6.45, 7) is 0. The van der Waals surface area contributed by atoms with Gasteiger partial charge in [0.15, 0.2) is 5.43 Å². The summed E-state index contributed by atoms with van der Waals surface area (Å²) in [4.78, 5) is 14.3. The van der Waals surface area contributed by atoms with E-state index in [0.717, 1.165) is 34.4 Å². The lowest BCUT2D eigenvalue weighted by Gasteiger charge is -2.18. The molecule has 0 fully saturated rings. The highest BCUT2D eigenvalue weighted by Gasteiger charge is 2.21. The Morgan fingerprint density at radius 1 is 0.373 bits per heavy atom. The molecule has 0 saturated carbocycles. The molecule has 1 heterocycles. The van der Waals surface area contributed by atoms with Crippen LogP contribution in [-0.4, -0.2) is 0 Å². The third kappa shape index (κ3) is 4.20. The Morgan fingerprint density at radius 3 is 1.27 bits per heavy atom. The summed E-state index contributed by atoms with van der Waals surface area (Å²) in [7, 11) is 0. The van der Waals surface area contributed by atoms with Crippen molar-refractivity contribution < 1.29 is 4.42 Å². The fraction of sp³-hybridized carbons (Fsp3) is 0.0408. The van der Waals surface area contributed by atoms with Gasteiger partial charge in [0.25, 0.3) is 0 Å². The molecule has 238 valence electrons. The van der Waals surface area contributed by atoms with Crippen molar-refractivity contribution in [3.8, 4) is 11.1 Å². The third-order valence-electron chi connectivity index (χ3n) is 11.1. The van der Waals surface area contributed by atoms with Gasteiger partial charge in [0, 0.05) is 6.42 Å². The van der Waals surface area contributed by atoms with Crippen LogP contribution >= 0.6 is 0 Å². The summed E-state index contributed by atoms with van der Waals surface area (Å²) in [5, 5.41) is 15.6. The van der Waals surface area contributed by atoms with E-state index in [4.69, 9.17) is 4.42 Å². The van der Waals surface area contributed by atoms with E-state index in [2.05, 4.69) is 146 Å². The van der Waals surface area contributed by atoms with Crippen molar-refractivity contribution in [2.75, 3.05) is 0 Å². The minimum Gasteiger partial charge on any atom is -0.460 e. The molecule has 0 bridgehead atoms. The van der Waals surface area contributed by atoms with Crippen molar-refractivity contribution in [1.82, 2.24) is 0 Å². The maximum absolute atomic E-state index is 14.3. The molecule has 1 aliphatic carbocycles. The highest BCUT2D eigenvalue weighted by Crippen LogP contribution is 2.40. The molecule has 2 nitrogen and oxygen atoms in total. The monoisotopic (exact) mass is 650 g/mol. The van der Waals surface area contributed by atoms with E-state index < -0.39 is 0 Å². The summed E-state index contributed by atoms with van der Waals surface area (Å²) in [5.74, 6) is 0.769. The lowest BCUT2D eigenvalue weighted by molar-refractivity contribution is 0.533. The molecule has 11 rings (SSSR count). The van der Waals surface area contributed by atoms with Crippen LogP contribution in [0.2, 0.25) is 0 Å². The van der Waals surface area contributed by atoms with E-state index in [1.54, 1.807) is 0 Å². The Morgan fingerprint density at radius 2 is 0.765 bits per heavy atom. The second kappa shape index (κ2) is 10.7. The summed E-state index contributed by atoms with van der Waals surface area (Å²) in [6.07, 6.45) is 3.58. The summed E-state index contributed by atoms with van der Waals surface area (Å²) in [5.41, 5.74) is 5.73. The van der Waals surface area contributed by atoms with Gasteiger partial charge in [-0.2, -0.15) is 0 Å². The molecule has 0 radical (unpaired) electrons. The van der Waals surface area contributed by atoms with Gasteiger partial charge in [-0.15, -0.1) is 0 Å². The van der Waals surface area contributed by atoms with Crippen molar-refractivity contribution in [3.05, 3.63) is 179 Å². The zero-order valence-electron chi connectivity index (χ0n) is 27.7. The largest absolute Gasteiger partial charge is 0.460 e. The number of hydrogen-bond donors (Lipinski definition) is 0. The summed E-state index contributed by atoms with van der Waals surface area (Å²) >= 11 is 0. The predicted molar refractivity (Wildman–Crippen MR) is 216 cm³/mol. The molecule has 0 aliphatic heterocycles. The van der Waals surface area contributed by atoms with Gasteiger partial charge in [-0.1, -0.05) is 127 Å². The zero-order valence-corrected chi connectivity index (χ0v) is 27.7. The first kappa shape index (κ1) is 28.3. The molecule has 0 saturated heterocycles. The molecule has 51 heavy (non-hydrogen) atoms. The Labute approximate surface area is 293 Å². The van der Waals surface area contributed by atoms with Crippen molar-refractivity contribution in [2.24, 2.45) is 0 Å². The van der Waals surface area contributed by atoms with E-state index in [9.17, 15) is 4.79 Å². The molecule has 0 atom stereocenters. The lowest BCUT2D eigenvalue weighted by Crippen LogP contribution is -2.13. The maximum Gasteiger partial charge on any atom is 0.200 e. The van der Waals surface area contributed by atoms with E-state index in [1.165, 1.54) is 64.6 Å². The maximum atomic E-state index is 14.3. The van der Waals surface area contributed by atoms with Crippen molar-refractivity contribution in [2.45, 2.75) is 12.8 Å². The highest BCUT2D eigenvalue weighted by atomic mass is 16.3. The van der Waals surface area contributed by atoms with E-state index in [1.807, 2.05) is 12.1 Å². The van der Waals surface area contributed by atoms with Crippen molar-refractivity contribution in [3.63, 3.8) is 0 Å². The van der Waals surface area contributed by atoms with Crippen LogP contribution in [0.15, 0.2) is 161 Å². The third-order valence-corrected chi connectivity index (χ3v) is 11.1. The Balaban J connectivity index is 1.05. The lowest BCUT2D eigenvalue weighted by atomic mass is 9.88. The van der Waals surface area contributed by atoms with Gasteiger partial charge < -0.3 is 4.42 Å². The SMILES string of the molecule is O=c1c2c(oc3ccc(-c4ccc5c6ccccc6c6ccccc6c5c4)cc13)CCC(c1ccc3c4ccccc4c4ccccc4c3c1)=C2. The van der Waals surface area contributed by atoms with E-state index >= 15 is 0 Å². The van der Waals surface area contributed by atoms with Gasteiger partial charge in [0.1, 0.15) is 11.3 Å². The minimum atomic E-state index is 0.0276. The van der Waals surface area contributed by atoms with Crippen LogP contribution in [0.5, 0.6) is 0 Å². The van der Waals surface area contributed by atoms with Crippen molar-refractivity contribution >= 4 is 87.3 Å². The smallest absolute Gasteiger partial charge is 0.200 e. The number of fused-ring (bicyclic) bond motifs is 14. The minimum absolute atomic E-state index is 0.0276. The van der Waals surface area contributed by atoms with Gasteiger partial charge in [-0.25, -0.2) is 0 Å². The first-order valence-electron chi connectivity index (χ1n) is 17.7. The average Bonchev–Trinajstić information content (AvgIpc) is 3.20. The van der Waals surface area contributed by atoms with E-state index in [0.29, 0.717) is 23.0 Å². The molecular formula is C49H30O2. The predicted octanol–water partition coefficient (Wildman–Crippen LogP) is 12.9. The molecule has 2 heteroatoms. The van der Waals surface area contributed by atoms with Gasteiger partial charge in [-0.05, 0) is 124 Å². The van der Waals surface area contributed by atoms with Crippen LogP contribution in [0.3, 0.4) is 0 Å². The molecule has 9 aromatic carbocycles. The molecule has 1 aromatic heterocycles. The first-order valence-corrected chi connectivity index (χ1v) is 17.7. The Kier molecular flexibility index (Phi) is 5.97. The first-order chi connectivity index (χ1) is 25.2. The fourth-order valence-corrected chi connectivity index (χ4v) is 8.68. The Hall–Kier alpha value is -6.51. The van der Waals surface area contributed by atoms with Gasteiger partial charge in [0.2, 0.25) is 0 Å². The number of benzene rings is 9. The highest BCUT2D eigenvalue weighted by molar-refractivity contribution is 6.27. The standard InChI is InChI=1S/C49H30O2/c50-49-45-27-31(29-17-21-41-37-13-3-1-9-33(37)35-11-5-7-15-39(35)43(41)25-29)19-23-47(45)51-48-24-20-32(28-46(48)49)30-18-22-42-38-14-4-2-10-34(38)36-12-6-8-16-40(36)44(42)26-30/h1-19,21-23,25-28H,20,24H2. The number of allylic oxidation sites excluding steroid dienone is 1. The van der Waals surface area contributed by atoms with Crippen LogP contribution in [0.25, 0.3) is 98.4 Å². The average molecular weight is 651 g/mol. The molecule has 0 N–H and O–H groups in total.